The molecule has 0 saturated heterocycles. The molecule has 0 fully saturated rings. The Morgan fingerprint density at radius 3 is 2.96 bits per heavy atom. The summed E-state index contributed by atoms with van der Waals surface area (Å²) >= 11 is 1.83. The van der Waals surface area contributed by atoms with Crippen molar-refractivity contribution in [3.8, 4) is 11.5 Å². The maximum Gasteiger partial charge on any atom is 0.168 e. The quantitative estimate of drug-likeness (QED) is 0.818. The first-order valence-electron chi connectivity index (χ1n) is 7.89. The molecule has 3 aliphatic rings. The van der Waals surface area contributed by atoms with E-state index in [9.17, 15) is 0 Å². The highest BCUT2D eigenvalue weighted by Gasteiger charge is 2.37. The van der Waals surface area contributed by atoms with Crippen molar-refractivity contribution in [1.82, 2.24) is 4.90 Å². The Morgan fingerprint density at radius 1 is 1.13 bits per heavy atom. The van der Waals surface area contributed by atoms with Crippen LogP contribution in [0.4, 0.5) is 0 Å². The molecule has 2 aromatic carbocycles. The number of ether oxygens (including phenoxy) is 1. The number of aryl methyl sites for hydroxylation is 1. The first-order valence-corrected chi connectivity index (χ1v) is 8.70. The van der Waals surface area contributed by atoms with E-state index >= 15 is 0 Å². The second kappa shape index (κ2) is 4.90. The van der Waals surface area contributed by atoms with E-state index in [1.807, 2.05) is 23.9 Å². The van der Waals surface area contributed by atoms with Crippen molar-refractivity contribution in [2.75, 3.05) is 13.1 Å². The van der Waals surface area contributed by atoms with Crippen LogP contribution >= 0.6 is 11.8 Å². The highest BCUT2D eigenvalue weighted by molar-refractivity contribution is 8.17. The molecule has 3 nitrogen and oxygen atoms in total. The van der Waals surface area contributed by atoms with Gasteiger partial charge in [-0.25, -0.2) is 0 Å². The number of hydrogen-bond donors (Lipinski definition) is 0. The highest BCUT2D eigenvalue weighted by atomic mass is 32.2. The van der Waals surface area contributed by atoms with Gasteiger partial charge < -0.3 is 9.64 Å². The third-order valence-electron chi connectivity index (χ3n) is 4.46. The number of rotatable bonds is 2. The fourth-order valence-electron chi connectivity index (χ4n) is 3.44. The van der Waals surface area contributed by atoms with Gasteiger partial charge in [-0.2, -0.15) is 0 Å². The fourth-order valence-corrected chi connectivity index (χ4v) is 4.66. The molecule has 23 heavy (non-hydrogen) atoms. The second-order valence-corrected chi connectivity index (χ2v) is 7.17. The van der Waals surface area contributed by atoms with Crippen molar-refractivity contribution in [3.63, 3.8) is 0 Å². The summed E-state index contributed by atoms with van der Waals surface area (Å²) in [6, 6.07) is 14.6. The highest BCUT2D eigenvalue weighted by Crippen LogP contribution is 2.49. The molecule has 5 rings (SSSR count). The van der Waals surface area contributed by atoms with Crippen LogP contribution in [0, 0.1) is 6.92 Å². The van der Waals surface area contributed by atoms with Gasteiger partial charge in [-0.15, -0.1) is 0 Å². The fraction of sp³-hybridized carbons (Fsp3) is 0.211. The Morgan fingerprint density at radius 2 is 2.04 bits per heavy atom. The normalized spacial score (nSPS) is 18.0. The van der Waals surface area contributed by atoms with Gasteiger partial charge in [-0.1, -0.05) is 23.9 Å². The largest absolute Gasteiger partial charge is 0.457 e. The van der Waals surface area contributed by atoms with Gasteiger partial charge in [-0.05, 0) is 48.4 Å². The SMILES string of the molecule is Cc1cccc(Oc2ccc3c(c2)CC2=C3N3CCN=C3S2)c1. The van der Waals surface area contributed by atoms with E-state index in [2.05, 4.69) is 47.1 Å². The standard InChI is InChI=1S/C19H16N2OS/c1-12-3-2-4-14(9-12)22-15-5-6-16-13(10-15)11-17-18(16)21-8-7-20-19(21)23-17/h2-6,9-10H,7-8,11H2,1H3. The number of nitrogens with zero attached hydrogens (tertiary/aromatic N) is 2. The van der Waals surface area contributed by atoms with Crippen LogP contribution in [0.3, 0.4) is 0 Å². The minimum Gasteiger partial charge on any atom is -0.457 e. The predicted octanol–water partition coefficient (Wildman–Crippen LogP) is 4.43. The van der Waals surface area contributed by atoms with E-state index in [1.165, 1.54) is 32.5 Å². The Labute approximate surface area is 139 Å². The molecule has 0 N–H and O–H groups in total. The van der Waals surface area contributed by atoms with Crippen molar-refractivity contribution >= 4 is 22.6 Å². The number of benzene rings is 2. The average Bonchev–Trinajstić information content (AvgIpc) is 3.17. The summed E-state index contributed by atoms with van der Waals surface area (Å²) in [7, 11) is 0. The van der Waals surface area contributed by atoms with E-state index in [4.69, 9.17) is 4.74 Å². The van der Waals surface area contributed by atoms with E-state index in [0.29, 0.717) is 0 Å². The van der Waals surface area contributed by atoms with Gasteiger partial charge in [0.05, 0.1) is 12.2 Å². The summed E-state index contributed by atoms with van der Waals surface area (Å²) in [4.78, 5) is 8.38. The molecule has 0 bridgehead atoms. The Kier molecular flexibility index (Phi) is 2.82. The molecule has 1 aliphatic carbocycles. The van der Waals surface area contributed by atoms with Crippen LogP contribution in [0.5, 0.6) is 11.5 Å². The van der Waals surface area contributed by atoms with Crippen molar-refractivity contribution < 1.29 is 4.74 Å². The lowest BCUT2D eigenvalue weighted by molar-refractivity contribution is 0.481. The summed E-state index contributed by atoms with van der Waals surface area (Å²) in [6.45, 7) is 4.02. The van der Waals surface area contributed by atoms with Gasteiger partial charge in [0.1, 0.15) is 11.5 Å². The third kappa shape index (κ3) is 2.09. The topological polar surface area (TPSA) is 24.8 Å². The van der Waals surface area contributed by atoms with Crippen LogP contribution < -0.4 is 4.74 Å². The summed E-state index contributed by atoms with van der Waals surface area (Å²) in [5, 5.41) is 1.18. The molecule has 2 aromatic rings. The summed E-state index contributed by atoms with van der Waals surface area (Å²) in [6.07, 6.45) is 0.996. The van der Waals surface area contributed by atoms with E-state index in [0.717, 1.165) is 31.0 Å². The molecule has 0 atom stereocenters. The van der Waals surface area contributed by atoms with E-state index in [1.54, 1.807) is 0 Å². The van der Waals surface area contributed by atoms with Crippen LogP contribution in [-0.4, -0.2) is 23.2 Å². The van der Waals surface area contributed by atoms with Gasteiger partial charge in [-0.3, -0.25) is 4.99 Å². The zero-order valence-corrected chi connectivity index (χ0v) is 13.7. The van der Waals surface area contributed by atoms with Crippen molar-refractivity contribution in [2.24, 2.45) is 4.99 Å². The second-order valence-electron chi connectivity index (χ2n) is 6.10. The van der Waals surface area contributed by atoms with E-state index < -0.39 is 0 Å². The van der Waals surface area contributed by atoms with Crippen LogP contribution in [0.1, 0.15) is 16.7 Å². The molecule has 0 spiro atoms. The molecule has 0 aromatic heterocycles. The van der Waals surface area contributed by atoms with Crippen molar-refractivity contribution in [1.29, 1.82) is 0 Å². The first kappa shape index (κ1) is 13.3. The zero-order chi connectivity index (χ0) is 15.4. The number of thioether (sulfide) groups is 1. The van der Waals surface area contributed by atoms with Crippen LogP contribution in [-0.2, 0) is 6.42 Å². The van der Waals surface area contributed by atoms with Crippen LogP contribution in [0.2, 0.25) is 0 Å². The minimum atomic E-state index is 0.895. The minimum absolute atomic E-state index is 0.895. The summed E-state index contributed by atoms with van der Waals surface area (Å²) in [5.74, 6) is 1.81. The van der Waals surface area contributed by atoms with Gasteiger partial charge >= 0.3 is 0 Å². The number of aliphatic imine (C=N–C) groups is 1. The third-order valence-corrected chi connectivity index (χ3v) is 5.57. The molecule has 0 unspecified atom stereocenters. The molecular formula is C19H16N2OS. The predicted molar refractivity (Wildman–Crippen MR) is 94.9 cm³/mol. The van der Waals surface area contributed by atoms with Gasteiger partial charge in [0.2, 0.25) is 0 Å². The Bertz CT molecular complexity index is 885. The van der Waals surface area contributed by atoms with Gasteiger partial charge in [0.15, 0.2) is 5.17 Å². The zero-order valence-electron chi connectivity index (χ0n) is 12.9. The lowest BCUT2D eigenvalue weighted by Crippen LogP contribution is -2.19. The molecule has 2 aliphatic heterocycles. The molecule has 0 amide bonds. The van der Waals surface area contributed by atoms with E-state index in [-0.39, 0.29) is 0 Å². The average molecular weight is 320 g/mol. The monoisotopic (exact) mass is 320 g/mol. The van der Waals surface area contributed by atoms with Crippen LogP contribution in [0.25, 0.3) is 5.70 Å². The molecule has 0 radical (unpaired) electrons. The molecular weight excluding hydrogens is 304 g/mol. The van der Waals surface area contributed by atoms with Gasteiger partial charge in [0.25, 0.3) is 0 Å². The number of amidine groups is 1. The number of allylic oxidation sites excluding steroid dienone is 1. The lowest BCUT2D eigenvalue weighted by atomic mass is 10.1. The van der Waals surface area contributed by atoms with Crippen molar-refractivity contribution in [2.45, 2.75) is 13.3 Å². The maximum atomic E-state index is 6.03. The van der Waals surface area contributed by atoms with Gasteiger partial charge in [0, 0.05) is 23.4 Å². The molecule has 4 heteroatoms. The summed E-state index contributed by atoms with van der Waals surface area (Å²) < 4.78 is 6.03. The first-order chi connectivity index (χ1) is 11.3. The summed E-state index contributed by atoms with van der Waals surface area (Å²) in [5.41, 5.74) is 5.29. The molecule has 2 heterocycles. The maximum absolute atomic E-state index is 6.03. The molecule has 0 saturated carbocycles. The number of fused-ring (bicyclic) bond motifs is 4. The Hall–Kier alpha value is -2.20. The lowest BCUT2D eigenvalue weighted by Gasteiger charge is -2.17. The molecule has 114 valence electrons. The Balaban J connectivity index is 1.45. The number of hydrogen-bond acceptors (Lipinski definition) is 4. The van der Waals surface area contributed by atoms with Crippen LogP contribution in [0.15, 0.2) is 52.4 Å². The van der Waals surface area contributed by atoms with Crippen molar-refractivity contribution in [3.05, 3.63) is 64.1 Å². The smallest absolute Gasteiger partial charge is 0.168 e.